The molecule has 0 radical (unpaired) electrons. The van der Waals surface area contributed by atoms with Crippen LogP contribution in [0.15, 0.2) is 63.8 Å². The topological polar surface area (TPSA) is 62.1 Å². The number of rotatable bonds is 1. The fourth-order valence-electron chi connectivity index (χ4n) is 2.27. The summed E-state index contributed by atoms with van der Waals surface area (Å²) in [5, 5.41) is 7.85. The van der Waals surface area contributed by atoms with Crippen LogP contribution in [0.5, 0.6) is 0 Å². The molecule has 0 saturated carbocycles. The number of sulfonamides is 1. The van der Waals surface area contributed by atoms with E-state index in [-0.39, 0.29) is 10.3 Å². The van der Waals surface area contributed by atoms with Crippen LogP contribution in [0.25, 0.3) is 0 Å². The van der Waals surface area contributed by atoms with Crippen molar-refractivity contribution in [2.75, 3.05) is 4.41 Å². The minimum Gasteiger partial charge on any atom is -0.199 e. The Hall–Kier alpha value is -2.21. The van der Waals surface area contributed by atoms with Gasteiger partial charge in [-0.3, -0.25) is 0 Å². The van der Waals surface area contributed by atoms with E-state index in [0.717, 1.165) is 9.98 Å². The van der Waals surface area contributed by atoms with Crippen molar-refractivity contribution in [1.82, 2.24) is 0 Å². The van der Waals surface area contributed by atoms with Crippen LogP contribution in [0.3, 0.4) is 0 Å². The van der Waals surface area contributed by atoms with Gasteiger partial charge in [-0.1, -0.05) is 50.3 Å². The molecule has 0 aromatic heterocycles. The van der Waals surface area contributed by atoms with Crippen LogP contribution in [-0.4, -0.2) is 8.42 Å². The Kier molecular flexibility index (Phi) is 3.29. The van der Waals surface area contributed by atoms with E-state index in [1.807, 2.05) is 12.1 Å². The van der Waals surface area contributed by atoms with Crippen molar-refractivity contribution in [1.29, 1.82) is 0 Å². The van der Waals surface area contributed by atoms with Crippen molar-refractivity contribution < 1.29 is 8.42 Å². The van der Waals surface area contributed by atoms with Crippen molar-refractivity contribution in [2.45, 2.75) is 31.1 Å². The summed E-state index contributed by atoms with van der Waals surface area (Å²) < 4.78 is 26.3. The van der Waals surface area contributed by atoms with E-state index in [9.17, 15) is 8.42 Å². The molecule has 0 N–H and O–H groups in total. The predicted molar refractivity (Wildman–Crippen MR) is 85.8 cm³/mol. The lowest BCUT2D eigenvalue weighted by molar-refractivity contribution is 0.587. The van der Waals surface area contributed by atoms with Crippen LogP contribution >= 0.6 is 0 Å². The lowest BCUT2D eigenvalue weighted by Crippen LogP contribution is -2.27. The van der Waals surface area contributed by atoms with Gasteiger partial charge in [0.15, 0.2) is 0 Å². The standard InChI is InChI=1S/C16H17N3O2S/c1-16(2,3)12-8-10-13(11-9-12)19-18-17-14-6-4-5-7-15(14)22(19,20)21/h4-11H,1-3H3. The van der Waals surface area contributed by atoms with Crippen molar-refractivity contribution in [2.24, 2.45) is 10.3 Å². The largest absolute Gasteiger partial charge is 0.287 e. The molecule has 0 fully saturated rings. The first kappa shape index (κ1) is 14.7. The van der Waals surface area contributed by atoms with Gasteiger partial charge in [-0.15, -0.1) is 9.53 Å². The molecule has 0 aliphatic carbocycles. The molecule has 3 rings (SSSR count). The number of benzene rings is 2. The Morgan fingerprint density at radius 3 is 2.23 bits per heavy atom. The monoisotopic (exact) mass is 315 g/mol. The summed E-state index contributed by atoms with van der Waals surface area (Å²) in [4.78, 5) is 0.171. The van der Waals surface area contributed by atoms with E-state index in [1.165, 1.54) is 0 Å². The SMILES string of the molecule is CC(C)(C)c1ccc(N2N=Nc3ccccc3S2(=O)=O)cc1. The minimum atomic E-state index is -3.71. The van der Waals surface area contributed by atoms with E-state index in [0.29, 0.717) is 11.4 Å². The molecule has 0 amide bonds. The van der Waals surface area contributed by atoms with Gasteiger partial charge in [0.05, 0.1) is 5.69 Å². The number of hydrogen-bond donors (Lipinski definition) is 0. The van der Waals surface area contributed by atoms with Gasteiger partial charge in [0, 0.05) is 0 Å². The van der Waals surface area contributed by atoms with Gasteiger partial charge in [-0.2, -0.15) is 8.42 Å². The van der Waals surface area contributed by atoms with Gasteiger partial charge in [0.25, 0.3) is 10.0 Å². The Balaban J connectivity index is 2.04. The van der Waals surface area contributed by atoms with E-state index >= 15 is 0 Å². The normalized spacial score (nSPS) is 16.4. The van der Waals surface area contributed by atoms with E-state index in [2.05, 4.69) is 31.1 Å². The minimum absolute atomic E-state index is 0.00736. The van der Waals surface area contributed by atoms with E-state index < -0.39 is 10.0 Å². The highest BCUT2D eigenvalue weighted by molar-refractivity contribution is 7.93. The number of fused-ring (bicyclic) bond motifs is 1. The lowest BCUT2D eigenvalue weighted by Gasteiger charge is -2.23. The van der Waals surface area contributed by atoms with Crippen molar-refractivity contribution in [3.63, 3.8) is 0 Å². The second-order valence-electron chi connectivity index (χ2n) is 6.20. The van der Waals surface area contributed by atoms with Crippen LogP contribution in [0.4, 0.5) is 11.4 Å². The zero-order valence-electron chi connectivity index (χ0n) is 12.7. The molecule has 114 valence electrons. The third-order valence-corrected chi connectivity index (χ3v) is 5.20. The first-order valence-electron chi connectivity index (χ1n) is 6.97. The highest BCUT2D eigenvalue weighted by Gasteiger charge is 2.31. The summed E-state index contributed by atoms with van der Waals surface area (Å²) in [6, 6.07) is 13.9. The van der Waals surface area contributed by atoms with Crippen LogP contribution in [0.1, 0.15) is 26.3 Å². The van der Waals surface area contributed by atoms with Crippen molar-refractivity contribution in [3.8, 4) is 0 Å². The summed E-state index contributed by atoms with van der Waals surface area (Å²) >= 11 is 0. The van der Waals surface area contributed by atoms with E-state index in [4.69, 9.17) is 0 Å². The molecule has 0 saturated heterocycles. The Bertz CT molecular complexity index is 834. The molecule has 2 aromatic rings. The van der Waals surface area contributed by atoms with Gasteiger partial charge in [-0.25, -0.2) is 0 Å². The van der Waals surface area contributed by atoms with Gasteiger partial charge in [0.1, 0.15) is 10.6 Å². The van der Waals surface area contributed by atoms with Crippen molar-refractivity contribution >= 4 is 21.4 Å². The average molecular weight is 315 g/mol. The maximum absolute atomic E-state index is 12.7. The molecule has 0 bridgehead atoms. The van der Waals surface area contributed by atoms with Crippen LogP contribution < -0.4 is 4.41 Å². The maximum atomic E-state index is 12.7. The summed E-state index contributed by atoms with van der Waals surface area (Å²) in [7, 11) is -3.71. The first-order valence-corrected chi connectivity index (χ1v) is 8.41. The fourth-order valence-corrected chi connectivity index (χ4v) is 3.61. The second kappa shape index (κ2) is 4.91. The molecular weight excluding hydrogens is 298 g/mol. The molecule has 0 atom stereocenters. The lowest BCUT2D eigenvalue weighted by atomic mass is 9.87. The van der Waals surface area contributed by atoms with Gasteiger partial charge in [0.2, 0.25) is 0 Å². The Morgan fingerprint density at radius 1 is 0.955 bits per heavy atom. The summed E-state index contributed by atoms with van der Waals surface area (Å²) in [5.41, 5.74) is 1.98. The maximum Gasteiger partial charge on any atom is 0.287 e. The molecule has 22 heavy (non-hydrogen) atoms. The number of nitrogens with zero attached hydrogens (tertiary/aromatic N) is 3. The van der Waals surface area contributed by atoms with Crippen molar-refractivity contribution in [3.05, 3.63) is 54.1 Å². The molecule has 6 heteroatoms. The van der Waals surface area contributed by atoms with Gasteiger partial charge >= 0.3 is 0 Å². The molecule has 1 heterocycles. The summed E-state index contributed by atoms with van der Waals surface area (Å²) in [6.07, 6.45) is 0. The van der Waals surface area contributed by atoms with Crippen LogP contribution in [0, 0.1) is 0 Å². The highest BCUT2D eigenvalue weighted by atomic mass is 32.2. The molecule has 1 aliphatic rings. The third kappa shape index (κ3) is 2.39. The first-order chi connectivity index (χ1) is 10.3. The molecule has 2 aromatic carbocycles. The van der Waals surface area contributed by atoms with Gasteiger partial charge in [-0.05, 0) is 35.2 Å². The molecule has 0 spiro atoms. The van der Waals surface area contributed by atoms with Crippen LogP contribution in [0.2, 0.25) is 0 Å². The Morgan fingerprint density at radius 2 is 1.59 bits per heavy atom. The third-order valence-electron chi connectivity index (χ3n) is 3.56. The predicted octanol–water partition coefficient (Wildman–Crippen LogP) is 4.19. The number of anilines is 1. The van der Waals surface area contributed by atoms with Gasteiger partial charge < -0.3 is 0 Å². The summed E-state index contributed by atoms with van der Waals surface area (Å²) in [5.74, 6) is 0. The molecule has 0 unspecified atom stereocenters. The summed E-state index contributed by atoms with van der Waals surface area (Å²) in [6.45, 7) is 6.32. The smallest absolute Gasteiger partial charge is 0.199 e. The fraction of sp³-hybridized carbons (Fsp3) is 0.250. The van der Waals surface area contributed by atoms with E-state index in [1.54, 1.807) is 36.4 Å². The molecule has 1 aliphatic heterocycles. The average Bonchev–Trinajstić information content (AvgIpc) is 2.47. The zero-order chi connectivity index (χ0) is 16.0. The molecule has 5 nitrogen and oxygen atoms in total. The molecular formula is C16H17N3O2S. The number of hydrogen-bond acceptors (Lipinski definition) is 4. The zero-order valence-corrected chi connectivity index (χ0v) is 13.5. The van der Waals surface area contributed by atoms with Crippen LogP contribution in [-0.2, 0) is 15.4 Å². The Labute approximate surface area is 130 Å². The second-order valence-corrected chi connectivity index (χ2v) is 7.94. The highest BCUT2D eigenvalue weighted by Crippen LogP contribution is 2.35. The quantitative estimate of drug-likeness (QED) is 0.792.